The molecule has 4 N–H and O–H groups in total. The molecule has 6 nitrogen and oxygen atoms in total. The number of hydrogen-bond acceptors (Lipinski definition) is 6. The lowest BCUT2D eigenvalue weighted by Crippen LogP contribution is -2.63. The molecule has 0 spiro atoms. The summed E-state index contributed by atoms with van der Waals surface area (Å²) >= 11 is 0. The molecule has 0 saturated carbocycles. The smallest absolute Gasteiger partial charge is 0.208 e. The lowest BCUT2D eigenvalue weighted by atomic mass is 9.83. The van der Waals surface area contributed by atoms with Gasteiger partial charge in [-0.1, -0.05) is 30.3 Å². The zero-order valence-electron chi connectivity index (χ0n) is 10.1. The molecule has 1 aromatic carbocycles. The first kappa shape index (κ1) is 14.1. The number of aliphatic hydroxyl groups is 4. The number of rotatable bonds is 3. The number of carbonyl (C=O) groups is 1. The van der Waals surface area contributed by atoms with E-state index in [1.54, 1.807) is 30.3 Å². The third kappa shape index (κ3) is 2.41. The van der Waals surface area contributed by atoms with Gasteiger partial charge in [0.2, 0.25) is 5.79 Å². The Bertz CT molecular complexity index is 436. The fourth-order valence-corrected chi connectivity index (χ4v) is 2.21. The number of hydrogen-bond donors (Lipinski definition) is 4. The fourth-order valence-electron chi connectivity index (χ4n) is 2.21. The van der Waals surface area contributed by atoms with E-state index < -0.39 is 30.0 Å². The van der Waals surface area contributed by atoms with Crippen molar-refractivity contribution in [3.05, 3.63) is 35.9 Å². The molecule has 1 unspecified atom stereocenters. The molecular weight excluding hydrogens is 252 g/mol. The van der Waals surface area contributed by atoms with Crippen LogP contribution in [0.3, 0.4) is 0 Å². The van der Waals surface area contributed by atoms with Gasteiger partial charge in [-0.05, 0) is 5.56 Å². The molecule has 1 fully saturated rings. The summed E-state index contributed by atoms with van der Waals surface area (Å²) in [6.07, 6.45) is -4.22. The number of aldehydes is 1. The van der Waals surface area contributed by atoms with Gasteiger partial charge in [0.1, 0.15) is 24.6 Å². The highest BCUT2D eigenvalue weighted by atomic mass is 16.6. The van der Waals surface area contributed by atoms with Crippen LogP contribution in [0.2, 0.25) is 0 Å². The zero-order chi connectivity index (χ0) is 14.0. The van der Waals surface area contributed by atoms with E-state index in [1.807, 2.05) is 0 Å². The second-order valence-electron chi connectivity index (χ2n) is 4.59. The van der Waals surface area contributed by atoms with Gasteiger partial charge >= 0.3 is 0 Å². The highest BCUT2D eigenvalue weighted by Gasteiger charge is 2.53. The van der Waals surface area contributed by atoms with E-state index in [1.165, 1.54) is 0 Å². The Labute approximate surface area is 109 Å². The molecule has 1 saturated heterocycles. The first-order valence-corrected chi connectivity index (χ1v) is 5.91. The topological polar surface area (TPSA) is 107 Å². The molecule has 6 heteroatoms. The van der Waals surface area contributed by atoms with Crippen molar-refractivity contribution in [2.75, 3.05) is 6.61 Å². The van der Waals surface area contributed by atoms with Crippen molar-refractivity contribution in [1.29, 1.82) is 0 Å². The van der Waals surface area contributed by atoms with Gasteiger partial charge < -0.3 is 30.0 Å². The standard InChI is InChI=1S/C13H16O6/c14-6-9(8-4-2-1-3-5-8)13(18)12(17)11(16)10(15)7-19-13/h1-6,9-12,15-18H,7H2/t9?,10-,11+,12-,13-/m1/s1. The van der Waals surface area contributed by atoms with Crippen molar-refractivity contribution >= 4 is 6.29 Å². The predicted molar refractivity (Wildman–Crippen MR) is 64.2 cm³/mol. The summed E-state index contributed by atoms with van der Waals surface area (Å²) in [5.74, 6) is -3.42. The van der Waals surface area contributed by atoms with Crippen LogP contribution in [0.4, 0.5) is 0 Å². The highest BCUT2D eigenvalue weighted by Crippen LogP contribution is 2.35. The molecule has 19 heavy (non-hydrogen) atoms. The first-order valence-electron chi connectivity index (χ1n) is 5.91. The van der Waals surface area contributed by atoms with Crippen molar-refractivity contribution in [2.24, 2.45) is 0 Å². The van der Waals surface area contributed by atoms with Crippen molar-refractivity contribution in [2.45, 2.75) is 30.0 Å². The van der Waals surface area contributed by atoms with Gasteiger partial charge in [0.25, 0.3) is 0 Å². The molecule has 2 rings (SSSR count). The molecule has 1 heterocycles. The Kier molecular flexibility index (Phi) is 3.98. The monoisotopic (exact) mass is 268 g/mol. The number of benzene rings is 1. The van der Waals surface area contributed by atoms with E-state index in [2.05, 4.69) is 0 Å². The summed E-state index contributed by atoms with van der Waals surface area (Å²) in [6.45, 7) is -0.369. The highest BCUT2D eigenvalue weighted by molar-refractivity contribution is 5.64. The SMILES string of the molecule is O=CC(c1ccccc1)[C@@]1(O)OC[C@@H](O)[C@H](O)[C@H]1O. The summed E-state index contributed by atoms with van der Waals surface area (Å²) < 4.78 is 5.03. The van der Waals surface area contributed by atoms with Crippen molar-refractivity contribution < 1.29 is 30.0 Å². The normalized spacial score (nSPS) is 36.7. The average Bonchev–Trinajstić information content (AvgIpc) is 2.43. The van der Waals surface area contributed by atoms with Crippen LogP contribution in [-0.2, 0) is 9.53 Å². The Balaban J connectivity index is 2.34. The Morgan fingerprint density at radius 2 is 1.89 bits per heavy atom. The van der Waals surface area contributed by atoms with Crippen LogP contribution in [0.25, 0.3) is 0 Å². The maximum absolute atomic E-state index is 11.2. The largest absolute Gasteiger partial charge is 0.388 e. The van der Waals surface area contributed by atoms with E-state index in [0.29, 0.717) is 11.8 Å². The summed E-state index contributed by atoms with van der Waals surface area (Å²) in [5.41, 5.74) is 0.447. The third-order valence-corrected chi connectivity index (χ3v) is 3.37. The molecule has 0 aromatic heterocycles. The van der Waals surface area contributed by atoms with Crippen LogP contribution in [-0.4, -0.2) is 57.4 Å². The number of carbonyl (C=O) groups excluding carboxylic acids is 1. The van der Waals surface area contributed by atoms with Crippen LogP contribution in [0.5, 0.6) is 0 Å². The van der Waals surface area contributed by atoms with Gasteiger partial charge in [-0.25, -0.2) is 0 Å². The Morgan fingerprint density at radius 1 is 1.26 bits per heavy atom. The molecule has 0 radical (unpaired) electrons. The quantitative estimate of drug-likeness (QED) is 0.511. The minimum Gasteiger partial charge on any atom is -0.388 e. The fraction of sp³-hybridized carbons (Fsp3) is 0.462. The molecule has 1 aromatic rings. The molecule has 0 bridgehead atoms. The van der Waals surface area contributed by atoms with E-state index in [0.717, 1.165) is 0 Å². The van der Waals surface area contributed by atoms with Crippen LogP contribution < -0.4 is 0 Å². The van der Waals surface area contributed by atoms with Crippen LogP contribution in [0, 0.1) is 0 Å². The number of aliphatic hydroxyl groups excluding tert-OH is 3. The third-order valence-electron chi connectivity index (χ3n) is 3.37. The zero-order valence-corrected chi connectivity index (χ0v) is 10.1. The summed E-state index contributed by atoms with van der Waals surface area (Å²) in [4.78, 5) is 11.2. The van der Waals surface area contributed by atoms with Gasteiger partial charge in [-0.2, -0.15) is 0 Å². The average molecular weight is 268 g/mol. The van der Waals surface area contributed by atoms with E-state index >= 15 is 0 Å². The van der Waals surface area contributed by atoms with Crippen molar-refractivity contribution in [3.63, 3.8) is 0 Å². The molecule has 0 amide bonds. The minimum atomic E-state index is -2.26. The van der Waals surface area contributed by atoms with Gasteiger partial charge in [-0.3, -0.25) is 0 Å². The molecule has 1 aliphatic heterocycles. The molecule has 0 aliphatic carbocycles. The van der Waals surface area contributed by atoms with E-state index in [9.17, 15) is 25.2 Å². The van der Waals surface area contributed by atoms with E-state index in [-0.39, 0.29) is 6.61 Å². The number of ether oxygens (including phenoxy) is 1. The lowest BCUT2D eigenvalue weighted by Gasteiger charge is -2.44. The second kappa shape index (κ2) is 5.36. The van der Waals surface area contributed by atoms with Gasteiger partial charge in [-0.15, -0.1) is 0 Å². The molecule has 104 valence electrons. The minimum absolute atomic E-state index is 0.369. The summed E-state index contributed by atoms with van der Waals surface area (Å²) in [6, 6.07) is 8.30. The Hall–Kier alpha value is -1.31. The lowest BCUT2D eigenvalue weighted by molar-refractivity contribution is -0.325. The van der Waals surface area contributed by atoms with Gasteiger partial charge in [0.15, 0.2) is 0 Å². The molecule has 1 aliphatic rings. The van der Waals surface area contributed by atoms with Crippen molar-refractivity contribution in [1.82, 2.24) is 0 Å². The Morgan fingerprint density at radius 3 is 2.47 bits per heavy atom. The predicted octanol–water partition coefficient (Wildman–Crippen LogP) is -1.23. The summed E-state index contributed by atoms with van der Waals surface area (Å²) in [5, 5.41) is 39.2. The maximum Gasteiger partial charge on any atom is 0.208 e. The summed E-state index contributed by atoms with van der Waals surface area (Å²) in [7, 11) is 0. The van der Waals surface area contributed by atoms with Crippen LogP contribution in [0.1, 0.15) is 11.5 Å². The molecular formula is C13H16O6. The van der Waals surface area contributed by atoms with Crippen LogP contribution in [0.15, 0.2) is 30.3 Å². The van der Waals surface area contributed by atoms with Crippen molar-refractivity contribution in [3.8, 4) is 0 Å². The van der Waals surface area contributed by atoms with Gasteiger partial charge in [0.05, 0.1) is 12.5 Å². The maximum atomic E-state index is 11.2. The first-order chi connectivity index (χ1) is 9.00. The van der Waals surface area contributed by atoms with Gasteiger partial charge in [0, 0.05) is 0 Å². The van der Waals surface area contributed by atoms with E-state index in [4.69, 9.17) is 4.74 Å². The van der Waals surface area contributed by atoms with Crippen LogP contribution >= 0.6 is 0 Å². The second-order valence-corrected chi connectivity index (χ2v) is 4.59. The molecule has 5 atom stereocenters.